The van der Waals surface area contributed by atoms with Crippen molar-refractivity contribution in [1.82, 2.24) is 5.32 Å². The summed E-state index contributed by atoms with van der Waals surface area (Å²) in [6.45, 7) is 3.39. The fourth-order valence-electron chi connectivity index (χ4n) is 2.56. The average molecular weight is 267 g/mol. The number of thioether (sulfide) groups is 1. The van der Waals surface area contributed by atoms with Crippen LogP contribution in [0.15, 0.2) is 29.2 Å². The number of nitrogens with one attached hydrogen (secondary N) is 1. The Balaban J connectivity index is 1.65. The highest BCUT2D eigenvalue weighted by atomic mass is 32.2. The van der Waals surface area contributed by atoms with Crippen molar-refractivity contribution >= 4 is 11.8 Å². The molecule has 3 heteroatoms. The highest BCUT2D eigenvalue weighted by Crippen LogP contribution is 2.24. The summed E-state index contributed by atoms with van der Waals surface area (Å²) in [7, 11) is 0. The van der Waals surface area contributed by atoms with Gasteiger partial charge in [-0.15, -0.1) is 11.8 Å². The molecule has 1 aromatic rings. The van der Waals surface area contributed by atoms with Crippen molar-refractivity contribution in [3.8, 4) is 0 Å². The Labute approximate surface area is 114 Å². The van der Waals surface area contributed by atoms with Gasteiger partial charge in [0.15, 0.2) is 0 Å². The Morgan fingerprint density at radius 3 is 2.67 bits per heavy atom. The fourth-order valence-corrected chi connectivity index (χ4v) is 3.35. The minimum Gasteiger partial charge on any atom is -0.313 e. The van der Waals surface area contributed by atoms with Gasteiger partial charge in [-0.3, -0.25) is 0 Å². The number of hydrogen-bond acceptors (Lipinski definition) is 2. The predicted octanol–water partition coefficient (Wildman–Crippen LogP) is 4.09. The molecule has 2 rings (SSSR count). The van der Waals surface area contributed by atoms with Gasteiger partial charge in [0.05, 0.1) is 0 Å². The van der Waals surface area contributed by atoms with Crippen molar-refractivity contribution in [3.63, 3.8) is 0 Å². The summed E-state index contributed by atoms with van der Waals surface area (Å²) in [5, 5.41) is 3.66. The quantitative estimate of drug-likeness (QED) is 0.637. The van der Waals surface area contributed by atoms with Crippen LogP contribution in [0.1, 0.15) is 32.6 Å². The van der Waals surface area contributed by atoms with Crippen LogP contribution in [-0.2, 0) is 0 Å². The Kier molecular flexibility index (Phi) is 5.51. The van der Waals surface area contributed by atoms with Crippen molar-refractivity contribution in [2.24, 2.45) is 5.92 Å². The number of benzene rings is 1. The van der Waals surface area contributed by atoms with E-state index >= 15 is 0 Å². The average Bonchev–Trinajstić information content (AvgIpc) is 2.39. The first kappa shape index (κ1) is 13.9. The van der Waals surface area contributed by atoms with Gasteiger partial charge in [-0.1, -0.05) is 19.8 Å². The van der Waals surface area contributed by atoms with Gasteiger partial charge in [-0.25, -0.2) is 4.39 Å². The van der Waals surface area contributed by atoms with Gasteiger partial charge >= 0.3 is 0 Å². The highest BCUT2D eigenvalue weighted by Gasteiger charge is 2.19. The lowest BCUT2D eigenvalue weighted by molar-refractivity contribution is 0.285. The second-order valence-corrected chi connectivity index (χ2v) is 6.29. The molecule has 0 aliphatic heterocycles. The van der Waals surface area contributed by atoms with E-state index in [1.54, 1.807) is 11.8 Å². The summed E-state index contributed by atoms with van der Waals surface area (Å²) >= 11 is 1.79. The first-order valence-electron chi connectivity index (χ1n) is 6.87. The van der Waals surface area contributed by atoms with E-state index in [-0.39, 0.29) is 5.82 Å². The molecule has 0 saturated heterocycles. The van der Waals surface area contributed by atoms with E-state index in [1.165, 1.54) is 37.8 Å². The summed E-state index contributed by atoms with van der Waals surface area (Å²) in [5.74, 6) is 1.71. The van der Waals surface area contributed by atoms with Crippen LogP contribution < -0.4 is 5.32 Å². The summed E-state index contributed by atoms with van der Waals surface area (Å²) in [6, 6.07) is 7.46. The molecule has 2 atom stereocenters. The summed E-state index contributed by atoms with van der Waals surface area (Å²) in [6.07, 6.45) is 5.45. The second-order valence-electron chi connectivity index (χ2n) is 5.12. The highest BCUT2D eigenvalue weighted by molar-refractivity contribution is 7.99. The Hall–Kier alpha value is -0.540. The van der Waals surface area contributed by atoms with E-state index in [0.717, 1.165) is 23.1 Å². The third kappa shape index (κ3) is 4.29. The molecule has 1 N–H and O–H groups in total. The molecular formula is C15H22FNS. The predicted molar refractivity (Wildman–Crippen MR) is 76.5 cm³/mol. The molecular weight excluding hydrogens is 245 g/mol. The van der Waals surface area contributed by atoms with Crippen molar-refractivity contribution in [3.05, 3.63) is 30.1 Å². The zero-order valence-electron chi connectivity index (χ0n) is 11.0. The van der Waals surface area contributed by atoms with Gasteiger partial charge in [0.1, 0.15) is 5.82 Å². The van der Waals surface area contributed by atoms with E-state index in [9.17, 15) is 4.39 Å². The first-order valence-corrected chi connectivity index (χ1v) is 7.86. The van der Waals surface area contributed by atoms with Crippen LogP contribution in [0.2, 0.25) is 0 Å². The number of hydrogen-bond donors (Lipinski definition) is 1. The van der Waals surface area contributed by atoms with E-state index in [1.807, 2.05) is 12.1 Å². The van der Waals surface area contributed by atoms with Crippen LogP contribution in [0.5, 0.6) is 0 Å². The molecule has 18 heavy (non-hydrogen) atoms. The Morgan fingerprint density at radius 2 is 1.94 bits per heavy atom. The normalized spacial score (nSPS) is 24.1. The maximum Gasteiger partial charge on any atom is 0.123 e. The Morgan fingerprint density at radius 1 is 1.22 bits per heavy atom. The smallest absolute Gasteiger partial charge is 0.123 e. The third-order valence-corrected chi connectivity index (χ3v) is 4.72. The van der Waals surface area contributed by atoms with Gasteiger partial charge in [0, 0.05) is 23.2 Å². The molecule has 1 fully saturated rings. The molecule has 0 spiro atoms. The monoisotopic (exact) mass is 267 g/mol. The van der Waals surface area contributed by atoms with E-state index in [0.29, 0.717) is 6.04 Å². The Bertz CT molecular complexity index is 352. The minimum absolute atomic E-state index is 0.159. The van der Waals surface area contributed by atoms with Gasteiger partial charge in [-0.05, 0) is 43.0 Å². The molecule has 1 nitrogen and oxygen atoms in total. The largest absolute Gasteiger partial charge is 0.313 e. The van der Waals surface area contributed by atoms with Crippen LogP contribution >= 0.6 is 11.8 Å². The molecule has 100 valence electrons. The zero-order valence-corrected chi connectivity index (χ0v) is 11.8. The lowest BCUT2D eigenvalue weighted by Gasteiger charge is -2.29. The molecule has 0 aromatic heterocycles. The van der Waals surface area contributed by atoms with Gasteiger partial charge in [-0.2, -0.15) is 0 Å². The van der Waals surface area contributed by atoms with E-state index in [4.69, 9.17) is 0 Å². The van der Waals surface area contributed by atoms with Gasteiger partial charge in [0.2, 0.25) is 0 Å². The SMILES string of the molecule is CC1CCCCC1NCCSc1ccc(F)cc1. The molecule has 0 heterocycles. The molecule has 1 aliphatic carbocycles. The standard InChI is InChI=1S/C15H22FNS/c1-12-4-2-3-5-15(12)17-10-11-18-14-8-6-13(16)7-9-14/h6-9,12,15,17H,2-5,10-11H2,1H3. The number of rotatable bonds is 5. The molecule has 1 aromatic carbocycles. The van der Waals surface area contributed by atoms with Crippen molar-refractivity contribution < 1.29 is 4.39 Å². The van der Waals surface area contributed by atoms with Crippen molar-refractivity contribution in [1.29, 1.82) is 0 Å². The van der Waals surface area contributed by atoms with Crippen LogP contribution in [0.4, 0.5) is 4.39 Å². The van der Waals surface area contributed by atoms with E-state index < -0.39 is 0 Å². The van der Waals surface area contributed by atoms with Crippen LogP contribution in [0, 0.1) is 11.7 Å². The maximum absolute atomic E-state index is 12.7. The molecule has 2 unspecified atom stereocenters. The van der Waals surface area contributed by atoms with Crippen molar-refractivity contribution in [2.75, 3.05) is 12.3 Å². The van der Waals surface area contributed by atoms with Crippen molar-refractivity contribution in [2.45, 2.75) is 43.5 Å². The topological polar surface area (TPSA) is 12.0 Å². The first-order chi connectivity index (χ1) is 8.75. The lowest BCUT2D eigenvalue weighted by atomic mass is 9.86. The molecule has 0 amide bonds. The molecule has 1 aliphatic rings. The van der Waals surface area contributed by atoms with E-state index in [2.05, 4.69) is 12.2 Å². The molecule has 0 bridgehead atoms. The third-order valence-electron chi connectivity index (χ3n) is 3.70. The second kappa shape index (κ2) is 7.15. The fraction of sp³-hybridized carbons (Fsp3) is 0.600. The molecule has 0 radical (unpaired) electrons. The van der Waals surface area contributed by atoms with Gasteiger partial charge in [0.25, 0.3) is 0 Å². The minimum atomic E-state index is -0.159. The van der Waals surface area contributed by atoms with Gasteiger partial charge < -0.3 is 5.32 Å². The molecule has 1 saturated carbocycles. The summed E-state index contributed by atoms with van der Waals surface area (Å²) in [4.78, 5) is 1.15. The number of halogens is 1. The lowest BCUT2D eigenvalue weighted by Crippen LogP contribution is -2.38. The zero-order chi connectivity index (χ0) is 12.8. The van der Waals surface area contributed by atoms with Crippen LogP contribution in [0.3, 0.4) is 0 Å². The van der Waals surface area contributed by atoms with Crippen LogP contribution in [-0.4, -0.2) is 18.3 Å². The maximum atomic E-state index is 12.7. The van der Waals surface area contributed by atoms with Crippen LogP contribution in [0.25, 0.3) is 0 Å². The summed E-state index contributed by atoms with van der Waals surface area (Å²) in [5.41, 5.74) is 0. The summed E-state index contributed by atoms with van der Waals surface area (Å²) < 4.78 is 12.7.